The smallest absolute Gasteiger partial charge is 0.331 e. The third-order valence-corrected chi connectivity index (χ3v) is 9.96. The average Bonchev–Trinajstić information content (AvgIpc) is 3.16. The van der Waals surface area contributed by atoms with E-state index in [4.69, 9.17) is 4.74 Å². The van der Waals surface area contributed by atoms with Crippen molar-refractivity contribution in [3.8, 4) is 0 Å². The lowest BCUT2D eigenvalue weighted by Gasteiger charge is -2.63. The zero-order chi connectivity index (χ0) is 19.0. The Bertz CT molecular complexity index is 686. The van der Waals surface area contributed by atoms with E-state index in [2.05, 4.69) is 13.8 Å². The van der Waals surface area contributed by atoms with E-state index in [-0.39, 0.29) is 28.8 Å². The summed E-state index contributed by atoms with van der Waals surface area (Å²) in [4.78, 5) is 11.6. The van der Waals surface area contributed by atoms with E-state index in [0.29, 0.717) is 24.4 Å². The highest BCUT2D eigenvalue weighted by atomic mass is 16.5. The van der Waals surface area contributed by atoms with Crippen LogP contribution in [-0.2, 0) is 9.53 Å². The maximum absolute atomic E-state index is 12.1. The first-order chi connectivity index (χ1) is 12.8. The van der Waals surface area contributed by atoms with E-state index in [1.165, 1.54) is 6.42 Å². The van der Waals surface area contributed by atoms with Gasteiger partial charge < -0.3 is 14.9 Å². The van der Waals surface area contributed by atoms with Crippen molar-refractivity contribution < 1.29 is 19.7 Å². The number of esters is 1. The molecule has 4 aliphatic carbocycles. The number of aliphatic hydroxyl groups is 2. The summed E-state index contributed by atoms with van der Waals surface area (Å²) in [5.74, 6) is 1.59. The number of hydrogen-bond donors (Lipinski definition) is 2. The first kappa shape index (κ1) is 18.2. The molecule has 0 aromatic rings. The predicted molar refractivity (Wildman–Crippen MR) is 102 cm³/mol. The molecule has 1 heterocycles. The quantitative estimate of drug-likeness (QED) is 0.688. The largest absolute Gasteiger partial charge is 0.458 e. The highest BCUT2D eigenvalue weighted by Gasteiger charge is 2.67. The van der Waals surface area contributed by atoms with Crippen LogP contribution in [0, 0.1) is 34.5 Å². The fourth-order valence-corrected chi connectivity index (χ4v) is 8.39. The van der Waals surface area contributed by atoms with Gasteiger partial charge in [0.25, 0.3) is 0 Å². The van der Waals surface area contributed by atoms with Gasteiger partial charge >= 0.3 is 5.97 Å². The molecular formula is C23H34O4. The SMILES string of the molecule is C[C@]12CC[C@H](O)C[C@@H]1CC[C@@H]1[C@@H]2CC[C@]2(C)[C@@H](C3=CC(=O)OC3)CC[C@]12O. The van der Waals surface area contributed by atoms with Gasteiger partial charge in [0.15, 0.2) is 0 Å². The molecule has 150 valence electrons. The fraction of sp³-hybridized carbons (Fsp3) is 0.870. The number of rotatable bonds is 1. The van der Waals surface area contributed by atoms with Crippen molar-refractivity contribution in [1.29, 1.82) is 0 Å². The lowest BCUT2D eigenvalue weighted by molar-refractivity contribution is -0.208. The summed E-state index contributed by atoms with van der Waals surface area (Å²) in [6.07, 6.45) is 10.8. The number of carbonyl (C=O) groups is 1. The lowest BCUT2D eigenvalue weighted by atomic mass is 9.43. The molecule has 4 heteroatoms. The van der Waals surface area contributed by atoms with E-state index >= 15 is 0 Å². The molecule has 0 unspecified atom stereocenters. The van der Waals surface area contributed by atoms with E-state index in [9.17, 15) is 15.0 Å². The molecule has 0 aromatic heterocycles. The van der Waals surface area contributed by atoms with Crippen LogP contribution in [0.1, 0.15) is 71.6 Å². The third kappa shape index (κ3) is 2.32. The second-order valence-electron chi connectivity index (χ2n) is 10.7. The highest BCUT2D eigenvalue weighted by Crippen LogP contribution is 2.69. The third-order valence-electron chi connectivity index (χ3n) is 9.96. The molecule has 0 saturated heterocycles. The average molecular weight is 375 g/mol. The van der Waals surface area contributed by atoms with Crippen LogP contribution in [0.15, 0.2) is 11.6 Å². The second kappa shape index (κ2) is 5.82. The molecule has 1 aliphatic heterocycles. The van der Waals surface area contributed by atoms with Crippen molar-refractivity contribution in [3.63, 3.8) is 0 Å². The Morgan fingerprint density at radius 1 is 1.04 bits per heavy atom. The Morgan fingerprint density at radius 3 is 2.59 bits per heavy atom. The van der Waals surface area contributed by atoms with Gasteiger partial charge in [-0.25, -0.2) is 4.79 Å². The first-order valence-corrected chi connectivity index (χ1v) is 11.1. The number of hydrogen-bond acceptors (Lipinski definition) is 4. The molecule has 5 rings (SSSR count). The number of carbonyl (C=O) groups excluding carboxylic acids is 1. The predicted octanol–water partition coefficient (Wildman–Crippen LogP) is 3.60. The topological polar surface area (TPSA) is 66.8 Å². The lowest BCUT2D eigenvalue weighted by Crippen LogP contribution is -2.62. The standard InChI is InChI=1S/C23H34O4/c1-21-8-5-16(24)12-15(21)3-4-19-18(21)6-9-22(2)17(7-10-23(19,22)26)14-11-20(25)27-13-14/h11,15-19,24,26H,3-10,12-13H2,1-2H3/t15-,16-,17+,18-,19+,21-,22+,23-/m0/s1. The van der Waals surface area contributed by atoms with E-state index in [1.807, 2.05) is 0 Å². The summed E-state index contributed by atoms with van der Waals surface area (Å²) < 4.78 is 5.20. The molecule has 5 aliphatic rings. The zero-order valence-corrected chi connectivity index (χ0v) is 16.7. The molecule has 4 nitrogen and oxygen atoms in total. The fourth-order valence-electron chi connectivity index (χ4n) is 8.39. The van der Waals surface area contributed by atoms with Crippen LogP contribution in [0.4, 0.5) is 0 Å². The van der Waals surface area contributed by atoms with Crippen LogP contribution < -0.4 is 0 Å². The Labute approximate surface area is 162 Å². The van der Waals surface area contributed by atoms with Gasteiger partial charge in [0, 0.05) is 11.5 Å². The van der Waals surface area contributed by atoms with Crippen molar-refractivity contribution >= 4 is 5.97 Å². The van der Waals surface area contributed by atoms with Crippen molar-refractivity contribution in [1.82, 2.24) is 0 Å². The molecule has 8 atom stereocenters. The molecule has 0 radical (unpaired) electrons. The summed E-state index contributed by atoms with van der Waals surface area (Å²) in [5.41, 5.74) is 0.600. The van der Waals surface area contributed by atoms with Crippen LogP contribution in [0.25, 0.3) is 0 Å². The first-order valence-electron chi connectivity index (χ1n) is 11.1. The Kier molecular flexibility index (Phi) is 3.92. The van der Waals surface area contributed by atoms with Gasteiger partial charge in [0.1, 0.15) is 6.61 Å². The molecule has 2 N–H and O–H groups in total. The van der Waals surface area contributed by atoms with Gasteiger partial charge in [-0.3, -0.25) is 0 Å². The molecule has 0 amide bonds. The minimum absolute atomic E-state index is 0.126. The summed E-state index contributed by atoms with van der Waals surface area (Å²) >= 11 is 0. The Balaban J connectivity index is 1.47. The second-order valence-corrected chi connectivity index (χ2v) is 10.7. The molecule has 4 saturated carbocycles. The molecule has 0 bridgehead atoms. The maximum Gasteiger partial charge on any atom is 0.331 e. The number of aliphatic hydroxyl groups excluding tert-OH is 1. The van der Waals surface area contributed by atoms with Crippen molar-refractivity contribution in [2.24, 2.45) is 34.5 Å². The molecule has 0 aromatic carbocycles. The zero-order valence-electron chi connectivity index (χ0n) is 16.7. The van der Waals surface area contributed by atoms with E-state index < -0.39 is 5.60 Å². The van der Waals surface area contributed by atoms with Gasteiger partial charge in [-0.2, -0.15) is 0 Å². The van der Waals surface area contributed by atoms with Gasteiger partial charge in [0.2, 0.25) is 0 Å². The van der Waals surface area contributed by atoms with Crippen molar-refractivity contribution in [2.75, 3.05) is 6.61 Å². The molecule has 27 heavy (non-hydrogen) atoms. The van der Waals surface area contributed by atoms with Gasteiger partial charge in [-0.05, 0) is 92.4 Å². The highest BCUT2D eigenvalue weighted by molar-refractivity contribution is 5.85. The molecule has 0 spiro atoms. The van der Waals surface area contributed by atoms with Crippen LogP contribution in [0.3, 0.4) is 0 Å². The number of cyclic esters (lactones) is 1. The normalized spacial score (nSPS) is 54.6. The Hall–Kier alpha value is -0.870. The van der Waals surface area contributed by atoms with Crippen molar-refractivity contribution in [3.05, 3.63) is 11.6 Å². The minimum Gasteiger partial charge on any atom is -0.458 e. The van der Waals surface area contributed by atoms with Crippen LogP contribution in [-0.4, -0.2) is 34.5 Å². The minimum atomic E-state index is -0.628. The van der Waals surface area contributed by atoms with E-state index in [0.717, 1.165) is 56.9 Å². The van der Waals surface area contributed by atoms with Crippen LogP contribution >= 0.6 is 0 Å². The van der Waals surface area contributed by atoms with Crippen molar-refractivity contribution in [2.45, 2.75) is 83.3 Å². The number of fused-ring (bicyclic) bond motifs is 5. The number of ether oxygens (including phenoxy) is 1. The van der Waals surface area contributed by atoms with Crippen LogP contribution in [0.5, 0.6) is 0 Å². The van der Waals surface area contributed by atoms with Gasteiger partial charge in [0.05, 0.1) is 11.7 Å². The summed E-state index contributed by atoms with van der Waals surface area (Å²) in [6, 6.07) is 0. The van der Waals surface area contributed by atoms with E-state index in [1.54, 1.807) is 6.08 Å². The summed E-state index contributed by atoms with van der Waals surface area (Å²) in [7, 11) is 0. The molecule has 4 fully saturated rings. The van der Waals surface area contributed by atoms with Crippen LogP contribution in [0.2, 0.25) is 0 Å². The van der Waals surface area contributed by atoms with Gasteiger partial charge in [-0.15, -0.1) is 0 Å². The monoisotopic (exact) mass is 374 g/mol. The summed E-state index contributed by atoms with van der Waals surface area (Å²) in [6.45, 7) is 5.15. The van der Waals surface area contributed by atoms with Gasteiger partial charge in [-0.1, -0.05) is 13.8 Å². The molecular weight excluding hydrogens is 340 g/mol. The maximum atomic E-state index is 12.1. The summed E-state index contributed by atoms with van der Waals surface area (Å²) in [5, 5.41) is 22.3. The Morgan fingerprint density at radius 2 is 1.85 bits per heavy atom.